The Morgan fingerprint density at radius 1 is 1.39 bits per heavy atom. The molecule has 1 unspecified atom stereocenters. The summed E-state index contributed by atoms with van der Waals surface area (Å²) in [6.07, 6.45) is 2.83. The average molecular weight is 417 g/mol. The maximum Gasteiger partial charge on any atom is 0.241 e. The lowest BCUT2D eigenvalue weighted by Gasteiger charge is -2.11. The zero-order chi connectivity index (χ0) is 13.8. The van der Waals surface area contributed by atoms with Crippen molar-refractivity contribution in [1.29, 1.82) is 0 Å². The van der Waals surface area contributed by atoms with Gasteiger partial charge >= 0.3 is 0 Å². The van der Waals surface area contributed by atoms with Crippen LogP contribution in [0, 0.1) is 0 Å². The van der Waals surface area contributed by atoms with Crippen LogP contribution in [0.5, 0.6) is 0 Å². The molecule has 1 aromatic carbocycles. The first-order valence-corrected chi connectivity index (χ1v) is 9.70. The number of sulfonamides is 1. The molecule has 0 aliphatic heterocycles. The molecule has 0 fully saturated rings. The SMILES string of the molecule is CSC(C)CCNS(=O)(=O)c1ccc(Br)cc1Br. The summed E-state index contributed by atoms with van der Waals surface area (Å²) in [4.78, 5) is 0.266. The molecule has 0 radical (unpaired) electrons. The highest BCUT2D eigenvalue weighted by Gasteiger charge is 2.17. The van der Waals surface area contributed by atoms with Gasteiger partial charge in [-0.1, -0.05) is 22.9 Å². The Labute approximate surface area is 129 Å². The minimum Gasteiger partial charge on any atom is -0.211 e. The Kier molecular flexibility index (Phi) is 6.67. The predicted octanol–water partition coefficient (Wildman–Crippen LogP) is 3.63. The van der Waals surface area contributed by atoms with Crippen molar-refractivity contribution in [2.75, 3.05) is 12.8 Å². The second-order valence-electron chi connectivity index (χ2n) is 3.81. The molecule has 0 saturated carbocycles. The Bertz CT molecular complexity index is 506. The number of hydrogen-bond acceptors (Lipinski definition) is 3. The summed E-state index contributed by atoms with van der Waals surface area (Å²) in [5.74, 6) is 0. The van der Waals surface area contributed by atoms with Crippen molar-refractivity contribution >= 4 is 53.6 Å². The van der Waals surface area contributed by atoms with E-state index < -0.39 is 10.0 Å². The Morgan fingerprint density at radius 3 is 2.61 bits per heavy atom. The second kappa shape index (κ2) is 7.28. The van der Waals surface area contributed by atoms with Crippen LogP contribution in [0.1, 0.15) is 13.3 Å². The summed E-state index contributed by atoms with van der Waals surface area (Å²) in [5, 5.41) is 0.445. The van der Waals surface area contributed by atoms with E-state index in [0.717, 1.165) is 10.9 Å². The fraction of sp³-hybridized carbons (Fsp3) is 0.455. The molecule has 0 heterocycles. The van der Waals surface area contributed by atoms with E-state index in [-0.39, 0.29) is 4.90 Å². The number of rotatable bonds is 6. The largest absolute Gasteiger partial charge is 0.241 e. The molecule has 0 aromatic heterocycles. The summed E-state index contributed by atoms with van der Waals surface area (Å²) in [6.45, 7) is 2.53. The summed E-state index contributed by atoms with van der Waals surface area (Å²) >= 11 is 8.29. The van der Waals surface area contributed by atoms with Crippen molar-refractivity contribution in [2.45, 2.75) is 23.5 Å². The predicted molar refractivity (Wildman–Crippen MR) is 84.6 cm³/mol. The van der Waals surface area contributed by atoms with Gasteiger partial charge in [0, 0.05) is 20.7 Å². The van der Waals surface area contributed by atoms with Crippen molar-refractivity contribution in [3.05, 3.63) is 27.1 Å². The van der Waals surface area contributed by atoms with Crippen LogP contribution < -0.4 is 4.72 Å². The standard InChI is InChI=1S/C11H15Br2NO2S2/c1-8(17-2)5-6-14-18(15,16)11-4-3-9(12)7-10(11)13/h3-4,7-8,14H,5-6H2,1-2H3. The van der Waals surface area contributed by atoms with Crippen LogP contribution in [0.25, 0.3) is 0 Å². The van der Waals surface area contributed by atoms with Gasteiger partial charge in [-0.05, 0) is 46.8 Å². The van der Waals surface area contributed by atoms with E-state index >= 15 is 0 Å². The molecule has 3 nitrogen and oxygen atoms in total. The first-order valence-electron chi connectivity index (χ1n) is 5.34. The molecule has 1 rings (SSSR count). The molecule has 1 atom stereocenters. The Hall–Kier alpha value is 0.440. The first-order chi connectivity index (χ1) is 8.36. The molecule has 0 aliphatic rings. The lowest BCUT2D eigenvalue weighted by Crippen LogP contribution is -2.26. The normalized spacial score (nSPS) is 13.6. The van der Waals surface area contributed by atoms with Crippen LogP contribution in [0.15, 0.2) is 32.0 Å². The topological polar surface area (TPSA) is 46.2 Å². The average Bonchev–Trinajstić information content (AvgIpc) is 2.27. The summed E-state index contributed by atoms with van der Waals surface area (Å²) in [6, 6.07) is 5.01. The van der Waals surface area contributed by atoms with E-state index in [4.69, 9.17) is 0 Å². The molecular weight excluding hydrogens is 402 g/mol. The van der Waals surface area contributed by atoms with Gasteiger partial charge in [-0.15, -0.1) is 0 Å². The van der Waals surface area contributed by atoms with Gasteiger partial charge < -0.3 is 0 Å². The van der Waals surface area contributed by atoms with Crippen LogP contribution in [-0.4, -0.2) is 26.5 Å². The van der Waals surface area contributed by atoms with Crippen LogP contribution in [-0.2, 0) is 10.0 Å². The van der Waals surface area contributed by atoms with Crippen LogP contribution in [0.3, 0.4) is 0 Å². The molecule has 18 heavy (non-hydrogen) atoms. The highest BCUT2D eigenvalue weighted by molar-refractivity contribution is 9.11. The van der Waals surface area contributed by atoms with Crippen LogP contribution >= 0.6 is 43.6 Å². The quantitative estimate of drug-likeness (QED) is 0.769. The molecule has 1 N–H and O–H groups in total. The van der Waals surface area contributed by atoms with Gasteiger partial charge in [0.1, 0.15) is 0 Å². The van der Waals surface area contributed by atoms with Gasteiger partial charge in [-0.2, -0.15) is 11.8 Å². The Balaban J connectivity index is 2.74. The van der Waals surface area contributed by atoms with E-state index in [1.54, 1.807) is 30.0 Å². The van der Waals surface area contributed by atoms with E-state index in [9.17, 15) is 8.42 Å². The van der Waals surface area contributed by atoms with Crippen molar-refractivity contribution in [1.82, 2.24) is 4.72 Å². The fourth-order valence-electron chi connectivity index (χ4n) is 1.29. The third-order valence-corrected chi connectivity index (χ3v) is 6.40. The van der Waals surface area contributed by atoms with E-state index in [1.165, 1.54) is 0 Å². The van der Waals surface area contributed by atoms with E-state index in [0.29, 0.717) is 16.3 Å². The third kappa shape index (κ3) is 4.85. The zero-order valence-corrected chi connectivity index (χ0v) is 14.9. The first kappa shape index (κ1) is 16.5. The van der Waals surface area contributed by atoms with Crippen molar-refractivity contribution in [3.63, 3.8) is 0 Å². The van der Waals surface area contributed by atoms with Crippen LogP contribution in [0.4, 0.5) is 0 Å². The lowest BCUT2D eigenvalue weighted by atomic mass is 10.3. The van der Waals surface area contributed by atoms with Crippen molar-refractivity contribution in [2.24, 2.45) is 0 Å². The monoisotopic (exact) mass is 415 g/mol. The molecule has 0 saturated heterocycles. The number of halogens is 2. The molecule has 0 aliphatic carbocycles. The number of thioether (sulfide) groups is 1. The minimum absolute atomic E-state index is 0.266. The molecule has 0 spiro atoms. The minimum atomic E-state index is -3.44. The summed E-state index contributed by atoms with van der Waals surface area (Å²) in [7, 11) is -3.44. The molecule has 102 valence electrons. The third-order valence-electron chi connectivity index (χ3n) is 2.43. The fourth-order valence-corrected chi connectivity index (χ4v) is 4.43. The van der Waals surface area contributed by atoms with Crippen LogP contribution in [0.2, 0.25) is 0 Å². The maximum absolute atomic E-state index is 12.1. The van der Waals surface area contributed by atoms with Gasteiger partial charge in [-0.3, -0.25) is 0 Å². The number of nitrogens with one attached hydrogen (secondary N) is 1. The molecule has 0 bridgehead atoms. The van der Waals surface area contributed by atoms with Gasteiger partial charge in [-0.25, -0.2) is 13.1 Å². The highest BCUT2D eigenvalue weighted by atomic mass is 79.9. The molecule has 7 heteroatoms. The zero-order valence-electron chi connectivity index (χ0n) is 10.1. The summed E-state index contributed by atoms with van der Waals surface area (Å²) in [5.41, 5.74) is 0. The Morgan fingerprint density at radius 2 is 2.06 bits per heavy atom. The van der Waals surface area contributed by atoms with Crippen molar-refractivity contribution in [3.8, 4) is 0 Å². The lowest BCUT2D eigenvalue weighted by molar-refractivity contribution is 0.578. The highest BCUT2D eigenvalue weighted by Crippen LogP contribution is 2.25. The number of benzene rings is 1. The van der Waals surface area contributed by atoms with Gasteiger partial charge in [0.15, 0.2) is 0 Å². The molecule has 1 aromatic rings. The van der Waals surface area contributed by atoms with Gasteiger partial charge in [0.2, 0.25) is 10.0 Å². The molecular formula is C11H15Br2NO2S2. The van der Waals surface area contributed by atoms with E-state index in [1.807, 2.05) is 6.26 Å². The van der Waals surface area contributed by atoms with Gasteiger partial charge in [0.25, 0.3) is 0 Å². The van der Waals surface area contributed by atoms with E-state index in [2.05, 4.69) is 43.5 Å². The van der Waals surface area contributed by atoms with Crippen molar-refractivity contribution < 1.29 is 8.42 Å². The second-order valence-corrected chi connectivity index (χ2v) is 8.59. The molecule has 0 amide bonds. The number of hydrogen-bond donors (Lipinski definition) is 1. The maximum atomic E-state index is 12.1. The smallest absolute Gasteiger partial charge is 0.211 e. The summed E-state index contributed by atoms with van der Waals surface area (Å²) < 4.78 is 28.2. The van der Waals surface area contributed by atoms with Gasteiger partial charge in [0.05, 0.1) is 4.90 Å².